The van der Waals surface area contributed by atoms with Gasteiger partial charge in [-0.15, -0.1) is 0 Å². The van der Waals surface area contributed by atoms with E-state index in [0.717, 1.165) is 18.9 Å². The maximum absolute atomic E-state index is 10.2. The van der Waals surface area contributed by atoms with E-state index in [1.807, 2.05) is 6.92 Å². The normalized spacial score (nSPS) is 32.6. The van der Waals surface area contributed by atoms with Crippen LogP contribution in [0.5, 0.6) is 0 Å². The zero-order valence-electron chi connectivity index (χ0n) is 10.7. The summed E-state index contributed by atoms with van der Waals surface area (Å²) in [6.45, 7) is 9.26. The van der Waals surface area contributed by atoms with Crippen LogP contribution in [0.3, 0.4) is 0 Å². The SMILES string of the molecule is CCC(C)C(C)(O)CNC1CCC(C)C1. The quantitative estimate of drug-likeness (QED) is 0.735. The minimum absolute atomic E-state index is 0.365. The van der Waals surface area contributed by atoms with Gasteiger partial charge in [0, 0.05) is 12.6 Å². The average molecular weight is 213 g/mol. The molecule has 0 amide bonds. The number of nitrogens with one attached hydrogen (secondary N) is 1. The Kier molecular flexibility index (Phi) is 4.60. The molecule has 2 nitrogen and oxygen atoms in total. The van der Waals surface area contributed by atoms with E-state index in [9.17, 15) is 5.11 Å². The van der Waals surface area contributed by atoms with Crippen LogP contribution in [0.15, 0.2) is 0 Å². The minimum atomic E-state index is -0.555. The van der Waals surface area contributed by atoms with Crippen molar-refractivity contribution in [1.82, 2.24) is 5.32 Å². The Morgan fingerprint density at radius 1 is 1.47 bits per heavy atom. The van der Waals surface area contributed by atoms with E-state index >= 15 is 0 Å². The van der Waals surface area contributed by atoms with Gasteiger partial charge in [0.1, 0.15) is 0 Å². The Bertz CT molecular complexity index is 191. The van der Waals surface area contributed by atoms with Crippen molar-refractivity contribution in [2.75, 3.05) is 6.54 Å². The standard InChI is InChI=1S/C13H27NO/c1-5-11(3)13(4,15)9-14-12-7-6-10(2)8-12/h10-12,14-15H,5-9H2,1-4H3. The second-order valence-corrected chi connectivity index (χ2v) is 5.66. The molecule has 0 aromatic carbocycles. The molecule has 0 radical (unpaired) electrons. The first-order chi connectivity index (χ1) is 6.95. The number of hydrogen-bond donors (Lipinski definition) is 2. The molecule has 1 aliphatic rings. The van der Waals surface area contributed by atoms with Gasteiger partial charge in [-0.2, -0.15) is 0 Å². The van der Waals surface area contributed by atoms with Crippen LogP contribution in [0, 0.1) is 11.8 Å². The Labute approximate surface area is 94.5 Å². The third-order valence-electron chi connectivity index (χ3n) is 4.12. The fraction of sp³-hybridized carbons (Fsp3) is 1.00. The average Bonchev–Trinajstić information content (AvgIpc) is 2.60. The lowest BCUT2D eigenvalue weighted by atomic mass is 9.88. The largest absolute Gasteiger partial charge is 0.389 e. The third-order valence-corrected chi connectivity index (χ3v) is 4.12. The lowest BCUT2D eigenvalue weighted by Gasteiger charge is -2.31. The molecule has 1 rings (SSSR count). The highest BCUT2D eigenvalue weighted by Gasteiger charge is 2.29. The van der Waals surface area contributed by atoms with Crippen molar-refractivity contribution in [3.63, 3.8) is 0 Å². The Balaban J connectivity index is 2.29. The summed E-state index contributed by atoms with van der Waals surface area (Å²) >= 11 is 0. The van der Waals surface area contributed by atoms with Crippen LogP contribution in [-0.2, 0) is 0 Å². The molecular weight excluding hydrogens is 186 g/mol. The van der Waals surface area contributed by atoms with Gasteiger partial charge in [0.2, 0.25) is 0 Å². The zero-order valence-corrected chi connectivity index (χ0v) is 10.7. The molecule has 0 bridgehead atoms. The lowest BCUT2D eigenvalue weighted by molar-refractivity contribution is 0.00336. The monoisotopic (exact) mass is 213 g/mol. The van der Waals surface area contributed by atoms with Crippen LogP contribution >= 0.6 is 0 Å². The summed E-state index contributed by atoms with van der Waals surface area (Å²) in [5.41, 5.74) is -0.555. The van der Waals surface area contributed by atoms with E-state index in [-0.39, 0.29) is 0 Å². The molecule has 4 atom stereocenters. The Morgan fingerprint density at radius 3 is 2.60 bits per heavy atom. The van der Waals surface area contributed by atoms with Crippen molar-refractivity contribution in [3.05, 3.63) is 0 Å². The Morgan fingerprint density at radius 2 is 2.13 bits per heavy atom. The molecule has 0 aromatic rings. The summed E-state index contributed by atoms with van der Waals surface area (Å²) in [6, 6.07) is 0.635. The highest BCUT2D eigenvalue weighted by atomic mass is 16.3. The molecule has 0 aliphatic heterocycles. The molecule has 4 unspecified atom stereocenters. The first-order valence-electron chi connectivity index (χ1n) is 6.41. The first-order valence-corrected chi connectivity index (χ1v) is 6.41. The van der Waals surface area contributed by atoms with E-state index in [2.05, 4.69) is 26.1 Å². The van der Waals surface area contributed by atoms with E-state index in [0.29, 0.717) is 12.0 Å². The molecule has 1 aliphatic carbocycles. The molecular formula is C13H27NO. The fourth-order valence-corrected chi connectivity index (χ4v) is 2.36. The van der Waals surface area contributed by atoms with Gasteiger partial charge < -0.3 is 10.4 Å². The predicted molar refractivity (Wildman–Crippen MR) is 64.9 cm³/mol. The van der Waals surface area contributed by atoms with Gasteiger partial charge in [-0.05, 0) is 38.0 Å². The summed E-state index contributed by atoms with van der Waals surface area (Å²) in [4.78, 5) is 0. The van der Waals surface area contributed by atoms with Crippen molar-refractivity contribution in [2.45, 2.75) is 65.0 Å². The summed E-state index contributed by atoms with van der Waals surface area (Å²) in [5.74, 6) is 1.22. The summed E-state index contributed by atoms with van der Waals surface area (Å²) in [6.07, 6.45) is 4.92. The van der Waals surface area contributed by atoms with Crippen molar-refractivity contribution in [2.24, 2.45) is 11.8 Å². The molecule has 0 heterocycles. The van der Waals surface area contributed by atoms with Crippen LogP contribution in [0.25, 0.3) is 0 Å². The molecule has 2 heteroatoms. The van der Waals surface area contributed by atoms with Gasteiger partial charge in [0.15, 0.2) is 0 Å². The smallest absolute Gasteiger partial charge is 0.0768 e. The number of hydrogen-bond acceptors (Lipinski definition) is 2. The Hall–Kier alpha value is -0.0800. The fourth-order valence-electron chi connectivity index (χ4n) is 2.36. The molecule has 15 heavy (non-hydrogen) atoms. The van der Waals surface area contributed by atoms with Crippen LogP contribution in [0.1, 0.15) is 53.4 Å². The lowest BCUT2D eigenvalue weighted by Crippen LogP contribution is -2.45. The molecule has 90 valence electrons. The van der Waals surface area contributed by atoms with E-state index in [1.54, 1.807) is 0 Å². The molecule has 2 N–H and O–H groups in total. The highest BCUT2D eigenvalue weighted by Crippen LogP contribution is 2.26. The second kappa shape index (κ2) is 5.31. The molecule has 1 saturated carbocycles. The van der Waals surface area contributed by atoms with Crippen LogP contribution < -0.4 is 5.32 Å². The summed E-state index contributed by atoms with van der Waals surface area (Å²) in [5, 5.41) is 13.8. The van der Waals surface area contributed by atoms with E-state index in [4.69, 9.17) is 0 Å². The third kappa shape index (κ3) is 3.76. The number of rotatable bonds is 5. The molecule has 0 saturated heterocycles. The van der Waals surface area contributed by atoms with Gasteiger partial charge in [0.25, 0.3) is 0 Å². The van der Waals surface area contributed by atoms with Crippen LogP contribution in [-0.4, -0.2) is 23.3 Å². The molecule has 1 fully saturated rings. The summed E-state index contributed by atoms with van der Waals surface area (Å²) < 4.78 is 0. The maximum Gasteiger partial charge on any atom is 0.0768 e. The topological polar surface area (TPSA) is 32.3 Å². The predicted octanol–water partition coefficient (Wildman–Crippen LogP) is 2.56. The first kappa shape index (κ1) is 13.0. The van der Waals surface area contributed by atoms with Gasteiger partial charge in [-0.25, -0.2) is 0 Å². The van der Waals surface area contributed by atoms with Gasteiger partial charge in [-0.1, -0.05) is 27.2 Å². The van der Waals surface area contributed by atoms with Crippen molar-refractivity contribution in [1.29, 1.82) is 0 Å². The van der Waals surface area contributed by atoms with Crippen molar-refractivity contribution < 1.29 is 5.11 Å². The highest BCUT2D eigenvalue weighted by molar-refractivity contribution is 4.85. The van der Waals surface area contributed by atoms with Crippen molar-refractivity contribution >= 4 is 0 Å². The number of aliphatic hydroxyl groups is 1. The van der Waals surface area contributed by atoms with Crippen LogP contribution in [0.2, 0.25) is 0 Å². The van der Waals surface area contributed by atoms with E-state index in [1.165, 1.54) is 19.3 Å². The summed E-state index contributed by atoms with van der Waals surface area (Å²) in [7, 11) is 0. The van der Waals surface area contributed by atoms with E-state index < -0.39 is 5.60 Å². The molecule has 0 aromatic heterocycles. The minimum Gasteiger partial charge on any atom is -0.389 e. The van der Waals surface area contributed by atoms with Crippen molar-refractivity contribution in [3.8, 4) is 0 Å². The van der Waals surface area contributed by atoms with Gasteiger partial charge in [0.05, 0.1) is 5.60 Å². The van der Waals surface area contributed by atoms with Gasteiger partial charge >= 0.3 is 0 Å². The van der Waals surface area contributed by atoms with Gasteiger partial charge in [-0.3, -0.25) is 0 Å². The second-order valence-electron chi connectivity index (χ2n) is 5.66. The molecule has 0 spiro atoms. The van der Waals surface area contributed by atoms with Crippen LogP contribution in [0.4, 0.5) is 0 Å². The zero-order chi connectivity index (χ0) is 11.5. The maximum atomic E-state index is 10.2.